The lowest BCUT2D eigenvalue weighted by molar-refractivity contribution is -0.140. The molecular formula is C14H21NO3. The van der Waals surface area contributed by atoms with Crippen LogP contribution in [0.2, 0.25) is 0 Å². The first-order valence-corrected chi connectivity index (χ1v) is 5.88. The van der Waals surface area contributed by atoms with Crippen LogP contribution in [0.15, 0.2) is 30.3 Å². The van der Waals surface area contributed by atoms with Crippen LogP contribution in [0.4, 0.5) is 0 Å². The smallest absolute Gasteiger partial charge is 0.304 e. The van der Waals surface area contributed by atoms with Gasteiger partial charge in [0.05, 0.1) is 13.0 Å². The molecule has 0 saturated carbocycles. The van der Waals surface area contributed by atoms with Crippen molar-refractivity contribution in [2.45, 2.75) is 31.2 Å². The van der Waals surface area contributed by atoms with Crippen molar-refractivity contribution in [2.24, 2.45) is 5.73 Å². The molecule has 1 aromatic rings. The van der Waals surface area contributed by atoms with Gasteiger partial charge in [-0.15, -0.1) is 0 Å². The van der Waals surface area contributed by atoms with Crippen molar-refractivity contribution in [3.05, 3.63) is 35.9 Å². The number of hydrogen-bond acceptors (Lipinski definition) is 3. The average Bonchev–Trinajstić information content (AvgIpc) is 2.27. The van der Waals surface area contributed by atoms with Gasteiger partial charge in [-0.2, -0.15) is 0 Å². The molecule has 0 aliphatic carbocycles. The van der Waals surface area contributed by atoms with E-state index in [4.69, 9.17) is 10.5 Å². The lowest BCUT2D eigenvalue weighted by Gasteiger charge is -2.43. The number of rotatable bonds is 6. The molecule has 3 N–H and O–H groups in total. The van der Waals surface area contributed by atoms with Gasteiger partial charge >= 0.3 is 5.97 Å². The fourth-order valence-corrected chi connectivity index (χ4v) is 2.28. The highest BCUT2D eigenvalue weighted by molar-refractivity contribution is 5.69. The second kappa shape index (κ2) is 5.50. The van der Waals surface area contributed by atoms with Gasteiger partial charge in [-0.05, 0) is 19.4 Å². The molecule has 0 heterocycles. The summed E-state index contributed by atoms with van der Waals surface area (Å²) < 4.78 is 5.25. The van der Waals surface area contributed by atoms with Gasteiger partial charge in [0.15, 0.2) is 0 Å². The van der Waals surface area contributed by atoms with Crippen LogP contribution in [0.25, 0.3) is 0 Å². The normalized spacial score (nSPS) is 15.1. The standard InChI is InChI=1S/C14H21NO3/c1-13(2,15)14(10-18-3,9-12(16)17)11-7-5-4-6-8-11/h4-8H,9-10,15H2,1-3H3,(H,16,17). The summed E-state index contributed by atoms with van der Waals surface area (Å²) in [6.07, 6.45) is -0.0612. The fraction of sp³-hybridized carbons (Fsp3) is 0.500. The lowest BCUT2D eigenvalue weighted by Crippen LogP contribution is -2.57. The molecule has 1 aromatic carbocycles. The van der Waals surface area contributed by atoms with Crippen molar-refractivity contribution in [2.75, 3.05) is 13.7 Å². The molecule has 0 fully saturated rings. The van der Waals surface area contributed by atoms with Crippen molar-refractivity contribution >= 4 is 5.97 Å². The Kier molecular flexibility index (Phi) is 4.48. The number of carboxylic acid groups (broad SMARTS) is 1. The van der Waals surface area contributed by atoms with Crippen LogP contribution in [-0.2, 0) is 14.9 Å². The van der Waals surface area contributed by atoms with Gasteiger partial charge in [-0.3, -0.25) is 4.79 Å². The van der Waals surface area contributed by atoms with Crippen LogP contribution < -0.4 is 5.73 Å². The van der Waals surface area contributed by atoms with E-state index >= 15 is 0 Å². The zero-order chi connectivity index (χ0) is 13.8. The third kappa shape index (κ3) is 2.89. The minimum atomic E-state index is -0.880. The molecule has 4 heteroatoms. The molecule has 1 rings (SSSR count). The van der Waals surface area contributed by atoms with Crippen LogP contribution in [0, 0.1) is 0 Å². The number of nitrogens with two attached hydrogens (primary N) is 1. The number of benzene rings is 1. The molecule has 0 saturated heterocycles. The molecule has 0 aliphatic rings. The van der Waals surface area contributed by atoms with E-state index in [9.17, 15) is 9.90 Å². The number of aliphatic carboxylic acids is 1. The van der Waals surface area contributed by atoms with Crippen molar-refractivity contribution in [3.63, 3.8) is 0 Å². The third-order valence-electron chi connectivity index (χ3n) is 3.40. The van der Waals surface area contributed by atoms with E-state index in [1.165, 1.54) is 0 Å². The number of ether oxygens (including phenoxy) is 1. The molecule has 1 atom stereocenters. The van der Waals surface area contributed by atoms with Crippen molar-refractivity contribution < 1.29 is 14.6 Å². The predicted molar refractivity (Wildman–Crippen MR) is 70.5 cm³/mol. The second-order valence-electron chi connectivity index (χ2n) is 5.17. The molecule has 0 amide bonds. The Bertz CT molecular complexity index is 397. The first-order chi connectivity index (χ1) is 8.33. The summed E-state index contributed by atoms with van der Waals surface area (Å²) in [4.78, 5) is 11.2. The minimum Gasteiger partial charge on any atom is -0.481 e. The quantitative estimate of drug-likeness (QED) is 0.808. The third-order valence-corrected chi connectivity index (χ3v) is 3.40. The van der Waals surface area contributed by atoms with Crippen LogP contribution in [0.1, 0.15) is 25.8 Å². The molecule has 0 aromatic heterocycles. The van der Waals surface area contributed by atoms with Crippen molar-refractivity contribution in [3.8, 4) is 0 Å². The summed E-state index contributed by atoms with van der Waals surface area (Å²) in [7, 11) is 1.56. The second-order valence-corrected chi connectivity index (χ2v) is 5.17. The summed E-state index contributed by atoms with van der Waals surface area (Å²) >= 11 is 0. The molecule has 18 heavy (non-hydrogen) atoms. The molecular weight excluding hydrogens is 230 g/mol. The van der Waals surface area contributed by atoms with E-state index in [1.807, 2.05) is 44.2 Å². The Labute approximate surface area is 108 Å². The van der Waals surface area contributed by atoms with Crippen LogP contribution >= 0.6 is 0 Å². The Morgan fingerprint density at radius 3 is 2.28 bits per heavy atom. The van der Waals surface area contributed by atoms with Gasteiger partial charge < -0.3 is 15.6 Å². The molecule has 0 bridgehead atoms. The fourth-order valence-electron chi connectivity index (χ4n) is 2.28. The maximum absolute atomic E-state index is 11.2. The Hall–Kier alpha value is -1.39. The van der Waals surface area contributed by atoms with E-state index in [1.54, 1.807) is 7.11 Å². The van der Waals surface area contributed by atoms with E-state index in [2.05, 4.69) is 0 Å². The maximum atomic E-state index is 11.2. The average molecular weight is 251 g/mol. The number of carbonyl (C=O) groups is 1. The van der Waals surface area contributed by atoms with E-state index in [0.29, 0.717) is 0 Å². The monoisotopic (exact) mass is 251 g/mol. The SMILES string of the molecule is COCC(CC(=O)O)(c1ccccc1)C(C)(C)N. The zero-order valence-corrected chi connectivity index (χ0v) is 11.1. The van der Waals surface area contributed by atoms with Crippen LogP contribution in [0.5, 0.6) is 0 Å². The topological polar surface area (TPSA) is 72.5 Å². The van der Waals surface area contributed by atoms with E-state index in [-0.39, 0.29) is 13.0 Å². The van der Waals surface area contributed by atoms with Gasteiger partial charge in [0.1, 0.15) is 0 Å². The van der Waals surface area contributed by atoms with E-state index < -0.39 is 16.9 Å². The first kappa shape index (κ1) is 14.7. The van der Waals surface area contributed by atoms with Gasteiger partial charge in [-0.25, -0.2) is 0 Å². The van der Waals surface area contributed by atoms with Gasteiger partial charge in [0.2, 0.25) is 0 Å². The highest BCUT2D eigenvalue weighted by Gasteiger charge is 2.45. The number of carboxylic acids is 1. The van der Waals surface area contributed by atoms with E-state index in [0.717, 1.165) is 5.56 Å². The highest BCUT2D eigenvalue weighted by Crippen LogP contribution is 2.37. The Morgan fingerprint density at radius 1 is 1.33 bits per heavy atom. The highest BCUT2D eigenvalue weighted by atomic mass is 16.5. The molecule has 1 unspecified atom stereocenters. The van der Waals surface area contributed by atoms with Gasteiger partial charge in [0, 0.05) is 18.1 Å². The number of hydrogen-bond donors (Lipinski definition) is 2. The lowest BCUT2D eigenvalue weighted by atomic mass is 9.65. The molecule has 0 spiro atoms. The molecule has 0 radical (unpaired) electrons. The zero-order valence-electron chi connectivity index (χ0n) is 11.1. The molecule has 4 nitrogen and oxygen atoms in total. The first-order valence-electron chi connectivity index (χ1n) is 5.88. The summed E-state index contributed by atoms with van der Waals surface area (Å²) in [6, 6.07) is 9.46. The molecule has 100 valence electrons. The Balaban J connectivity index is 3.33. The largest absolute Gasteiger partial charge is 0.481 e. The van der Waals surface area contributed by atoms with Gasteiger partial charge in [-0.1, -0.05) is 30.3 Å². The van der Waals surface area contributed by atoms with Crippen molar-refractivity contribution in [1.82, 2.24) is 0 Å². The summed E-state index contributed by atoms with van der Waals surface area (Å²) in [5, 5.41) is 9.19. The predicted octanol–water partition coefficient (Wildman–Crippen LogP) is 1.78. The van der Waals surface area contributed by atoms with Crippen LogP contribution in [0.3, 0.4) is 0 Å². The number of methoxy groups -OCH3 is 1. The summed E-state index contributed by atoms with van der Waals surface area (Å²) in [6.45, 7) is 3.94. The van der Waals surface area contributed by atoms with Crippen LogP contribution in [-0.4, -0.2) is 30.3 Å². The Morgan fingerprint density at radius 2 is 1.89 bits per heavy atom. The minimum absolute atomic E-state index is 0.0612. The summed E-state index contributed by atoms with van der Waals surface area (Å²) in [5.74, 6) is -0.880. The maximum Gasteiger partial charge on any atom is 0.304 e. The van der Waals surface area contributed by atoms with Crippen molar-refractivity contribution in [1.29, 1.82) is 0 Å². The summed E-state index contributed by atoms with van der Waals surface area (Å²) in [5.41, 5.74) is 5.68. The molecule has 0 aliphatic heterocycles. The van der Waals surface area contributed by atoms with Gasteiger partial charge in [0.25, 0.3) is 0 Å².